The molecule has 0 bridgehead atoms. The summed E-state index contributed by atoms with van der Waals surface area (Å²) in [6, 6.07) is 0. The maximum Gasteiger partial charge on any atom is 0.264 e. The van der Waals surface area contributed by atoms with Gasteiger partial charge < -0.3 is 0 Å². The van der Waals surface area contributed by atoms with E-state index in [0.717, 1.165) is 12.2 Å². The van der Waals surface area contributed by atoms with Gasteiger partial charge in [0.2, 0.25) is 0 Å². The van der Waals surface area contributed by atoms with Crippen molar-refractivity contribution in [3.8, 4) is 0 Å². The van der Waals surface area contributed by atoms with Crippen molar-refractivity contribution < 1.29 is 13.0 Å². The minimum absolute atomic E-state index is 0.0712. The number of rotatable bonds is 3. The highest BCUT2D eigenvalue weighted by molar-refractivity contribution is 7.99. The minimum Gasteiger partial charge on any atom is -0.286 e. The van der Waals surface area contributed by atoms with Crippen molar-refractivity contribution in [2.45, 2.75) is 19.3 Å². The summed E-state index contributed by atoms with van der Waals surface area (Å²) in [5, 5.41) is 0. The molecule has 1 rings (SSSR count). The molecule has 1 N–H and O–H groups in total. The zero-order valence-electron chi connectivity index (χ0n) is 6.90. The fourth-order valence-electron chi connectivity index (χ4n) is 1.35. The summed E-state index contributed by atoms with van der Waals surface area (Å²) in [4.78, 5) is 0. The van der Waals surface area contributed by atoms with Crippen molar-refractivity contribution in [1.82, 2.24) is 0 Å². The molecule has 0 aliphatic carbocycles. The van der Waals surface area contributed by atoms with Gasteiger partial charge in [0.1, 0.15) is 0 Å². The van der Waals surface area contributed by atoms with Gasteiger partial charge in [0, 0.05) is 0 Å². The molecule has 72 valence electrons. The number of thioether (sulfide) groups is 1. The lowest BCUT2D eigenvalue weighted by Crippen LogP contribution is -2.15. The summed E-state index contributed by atoms with van der Waals surface area (Å²) in [5.41, 5.74) is 0. The number of hydrogen-bond acceptors (Lipinski definition) is 3. The Morgan fingerprint density at radius 3 is 2.75 bits per heavy atom. The second-order valence-electron chi connectivity index (χ2n) is 3.16. The van der Waals surface area contributed by atoms with Gasteiger partial charge in [-0.3, -0.25) is 4.55 Å². The molecule has 12 heavy (non-hydrogen) atoms. The van der Waals surface area contributed by atoms with E-state index in [-0.39, 0.29) is 5.75 Å². The molecule has 3 nitrogen and oxygen atoms in total. The van der Waals surface area contributed by atoms with Crippen molar-refractivity contribution in [2.24, 2.45) is 5.92 Å². The molecular formula is C7H14O3S2. The van der Waals surface area contributed by atoms with Crippen LogP contribution in [0.2, 0.25) is 0 Å². The Morgan fingerprint density at radius 1 is 1.50 bits per heavy atom. The van der Waals surface area contributed by atoms with Gasteiger partial charge in [-0.2, -0.15) is 20.2 Å². The zero-order chi connectivity index (χ0) is 9.03. The third-order valence-electron chi connectivity index (χ3n) is 2.04. The smallest absolute Gasteiger partial charge is 0.264 e. The average Bonchev–Trinajstić information content (AvgIpc) is 2.02. The lowest BCUT2D eigenvalue weighted by Gasteiger charge is -2.20. The van der Waals surface area contributed by atoms with Crippen LogP contribution in [0.25, 0.3) is 0 Å². The Labute approximate surface area is 77.7 Å². The van der Waals surface area contributed by atoms with Crippen molar-refractivity contribution in [3.63, 3.8) is 0 Å². The van der Waals surface area contributed by atoms with Gasteiger partial charge in [-0.15, -0.1) is 0 Å². The van der Waals surface area contributed by atoms with E-state index >= 15 is 0 Å². The van der Waals surface area contributed by atoms with Crippen LogP contribution in [0.5, 0.6) is 0 Å². The van der Waals surface area contributed by atoms with E-state index in [4.69, 9.17) is 4.55 Å². The third kappa shape index (κ3) is 4.33. The molecule has 5 heteroatoms. The maximum absolute atomic E-state index is 10.4. The normalized spacial score (nSPS) is 25.6. The molecule has 0 aromatic carbocycles. The van der Waals surface area contributed by atoms with Crippen molar-refractivity contribution in [2.75, 3.05) is 17.3 Å². The van der Waals surface area contributed by atoms with Gasteiger partial charge in [-0.25, -0.2) is 0 Å². The summed E-state index contributed by atoms with van der Waals surface area (Å²) < 4.78 is 29.4. The van der Waals surface area contributed by atoms with E-state index in [9.17, 15) is 8.42 Å². The van der Waals surface area contributed by atoms with Gasteiger partial charge in [-0.05, 0) is 36.7 Å². The Balaban J connectivity index is 2.22. The van der Waals surface area contributed by atoms with Gasteiger partial charge in [0.15, 0.2) is 0 Å². The summed E-state index contributed by atoms with van der Waals surface area (Å²) in [6.45, 7) is 0. The lowest BCUT2D eigenvalue weighted by molar-refractivity contribution is 0.460. The highest BCUT2D eigenvalue weighted by Gasteiger charge is 2.16. The Hall–Kier alpha value is 0.260. The maximum atomic E-state index is 10.4. The van der Waals surface area contributed by atoms with Crippen LogP contribution in [0, 0.1) is 5.92 Å². The first-order valence-electron chi connectivity index (χ1n) is 4.11. The molecular weight excluding hydrogens is 196 g/mol. The van der Waals surface area contributed by atoms with Crippen molar-refractivity contribution in [1.29, 1.82) is 0 Å². The molecule has 0 spiro atoms. The summed E-state index contributed by atoms with van der Waals surface area (Å²) in [6.07, 6.45) is 2.91. The van der Waals surface area contributed by atoms with Crippen LogP contribution in [-0.2, 0) is 10.1 Å². The van der Waals surface area contributed by atoms with Crippen molar-refractivity contribution >= 4 is 21.9 Å². The fourth-order valence-corrected chi connectivity index (χ4v) is 3.19. The second-order valence-corrected chi connectivity index (χ2v) is 5.88. The lowest BCUT2D eigenvalue weighted by atomic mass is 10.0. The van der Waals surface area contributed by atoms with Crippen LogP contribution in [-0.4, -0.2) is 30.2 Å². The average molecular weight is 210 g/mol. The quantitative estimate of drug-likeness (QED) is 0.716. The van der Waals surface area contributed by atoms with E-state index < -0.39 is 10.1 Å². The van der Waals surface area contributed by atoms with Crippen LogP contribution in [0.1, 0.15) is 19.3 Å². The number of hydrogen-bond donors (Lipinski definition) is 1. The fraction of sp³-hybridized carbons (Fsp3) is 1.00. The van der Waals surface area contributed by atoms with E-state index in [2.05, 4.69) is 0 Å². The monoisotopic (exact) mass is 210 g/mol. The van der Waals surface area contributed by atoms with E-state index in [0.29, 0.717) is 12.3 Å². The predicted molar refractivity (Wildman–Crippen MR) is 51.1 cm³/mol. The molecule has 0 aromatic rings. The first-order valence-corrected chi connectivity index (χ1v) is 6.87. The highest BCUT2D eigenvalue weighted by Crippen LogP contribution is 2.25. The van der Waals surface area contributed by atoms with E-state index in [1.807, 2.05) is 11.8 Å². The molecule has 1 unspecified atom stereocenters. The molecule has 0 radical (unpaired) electrons. The van der Waals surface area contributed by atoms with Gasteiger partial charge in [0.25, 0.3) is 10.1 Å². The van der Waals surface area contributed by atoms with Crippen LogP contribution < -0.4 is 0 Å². The standard InChI is InChI=1S/C7H14O3S2/c8-12(9,10)5-3-7-2-1-4-11-6-7/h7H,1-6H2,(H,8,9,10). The van der Waals surface area contributed by atoms with Crippen molar-refractivity contribution in [3.05, 3.63) is 0 Å². The van der Waals surface area contributed by atoms with Gasteiger partial charge in [-0.1, -0.05) is 0 Å². The molecule has 1 atom stereocenters. The van der Waals surface area contributed by atoms with E-state index in [1.165, 1.54) is 12.2 Å². The SMILES string of the molecule is O=S(=O)(O)CCC1CCCSC1. The molecule has 1 fully saturated rings. The molecule has 1 heterocycles. The molecule has 1 aliphatic heterocycles. The summed E-state index contributed by atoms with van der Waals surface area (Å²) in [7, 11) is -3.73. The molecule has 1 saturated heterocycles. The van der Waals surface area contributed by atoms with E-state index in [1.54, 1.807) is 0 Å². The molecule has 0 saturated carbocycles. The highest BCUT2D eigenvalue weighted by atomic mass is 32.2. The largest absolute Gasteiger partial charge is 0.286 e. The Kier molecular flexibility index (Phi) is 3.86. The first kappa shape index (κ1) is 10.3. The van der Waals surface area contributed by atoms with Crippen LogP contribution in [0.4, 0.5) is 0 Å². The van der Waals surface area contributed by atoms with Crippen LogP contribution in [0.3, 0.4) is 0 Å². The molecule has 0 amide bonds. The summed E-state index contributed by atoms with van der Waals surface area (Å²) >= 11 is 1.88. The summed E-state index contributed by atoms with van der Waals surface area (Å²) in [5.74, 6) is 2.67. The Bertz CT molecular complexity index is 217. The first-order chi connectivity index (χ1) is 5.58. The topological polar surface area (TPSA) is 54.4 Å². The van der Waals surface area contributed by atoms with Gasteiger partial charge in [0.05, 0.1) is 5.75 Å². The minimum atomic E-state index is -3.73. The zero-order valence-corrected chi connectivity index (χ0v) is 8.53. The Morgan fingerprint density at radius 2 is 2.25 bits per heavy atom. The molecule has 0 aromatic heterocycles. The van der Waals surface area contributed by atoms with Crippen LogP contribution >= 0.6 is 11.8 Å². The second kappa shape index (κ2) is 4.48. The van der Waals surface area contributed by atoms with Crippen LogP contribution in [0.15, 0.2) is 0 Å². The van der Waals surface area contributed by atoms with Gasteiger partial charge >= 0.3 is 0 Å². The predicted octanol–water partition coefficient (Wildman–Crippen LogP) is 1.41. The molecule has 1 aliphatic rings. The third-order valence-corrected chi connectivity index (χ3v) is 4.07.